The number of unbranched alkanes of at least 4 members (excludes halogenated alkanes) is 21. The Hall–Kier alpha value is -0.720. The Bertz CT molecular complexity index is 785. The van der Waals surface area contributed by atoms with E-state index in [1.165, 1.54) is 122 Å². The molecule has 0 aromatic heterocycles. The van der Waals surface area contributed by atoms with Crippen molar-refractivity contribution in [1.82, 2.24) is 4.90 Å². The summed E-state index contributed by atoms with van der Waals surface area (Å²) >= 11 is 0. The predicted octanol–water partition coefficient (Wildman–Crippen LogP) is 10.1. The third-order valence-electron chi connectivity index (χ3n) is 8.93. The second-order valence-corrected chi connectivity index (χ2v) is 15.8. The van der Waals surface area contributed by atoms with Gasteiger partial charge in [0.15, 0.2) is 0 Å². The van der Waals surface area contributed by atoms with Crippen LogP contribution in [0, 0.1) is 0 Å². The smallest absolute Gasteiger partial charge is 0.270 e. The number of nitrogens with zero attached hydrogens (tertiary/aromatic N) is 2. The zero-order chi connectivity index (χ0) is 33.1. The number of quaternary nitrogens is 1. The molecule has 0 N–H and O–H groups in total. The normalized spacial score (nSPS) is 17.0. The summed E-state index contributed by atoms with van der Waals surface area (Å²) in [6.07, 6.45) is 36.2. The Labute approximate surface area is 279 Å². The second-order valence-electron chi connectivity index (χ2n) is 14.5. The standard InChI is InChI=1S/C37H73N2O5P/c1-5-6-7-8-9-10-11-12-13-14-15-16-17-18-19-20-21-22-23-24-25-26-27-28-29-31-36(40)38-33-30-32-37(38)44-45(41,42)43-35-34-39(2,3)4/h22-23,37H,5-21,24-35H2,1-4H3/b23-22-/t37-/m1/s1. The van der Waals surface area contributed by atoms with E-state index in [0.29, 0.717) is 30.4 Å². The highest BCUT2D eigenvalue weighted by Gasteiger charge is 2.32. The van der Waals surface area contributed by atoms with Crippen LogP contribution in [0.5, 0.6) is 0 Å². The summed E-state index contributed by atoms with van der Waals surface area (Å²) < 4.78 is 23.2. The number of carbonyl (C=O) groups is 1. The van der Waals surface area contributed by atoms with Gasteiger partial charge in [-0.1, -0.05) is 135 Å². The fourth-order valence-corrected chi connectivity index (χ4v) is 6.88. The van der Waals surface area contributed by atoms with Crippen molar-refractivity contribution in [3.8, 4) is 0 Å². The summed E-state index contributed by atoms with van der Waals surface area (Å²) in [6, 6.07) is 0. The topological polar surface area (TPSA) is 78.9 Å². The monoisotopic (exact) mass is 657 g/mol. The van der Waals surface area contributed by atoms with Gasteiger partial charge < -0.3 is 18.8 Å². The van der Waals surface area contributed by atoms with Gasteiger partial charge in [0.1, 0.15) is 19.4 Å². The van der Waals surface area contributed by atoms with E-state index in [0.717, 1.165) is 32.1 Å². The molecular formula is C37H73N2O5P. The van der Waals surface area contributed by atoms with Crippen LogP contribution in [0.25, 0.3) is 0 Å². The first-order chi connectivity index (χ1) is 21.6. The van der Waals surface area contributed by atoms with Gasteiger partial charge >= 0.3 is 0 Å². The molecule has 0 aromatic rings. The molecule has 0 radical (unpaired) electrons. The molecule has 0 aliphatic carbocycles. The van der Waals surface area contributed by atoms with Crippen molar-refractivity contribution < 1.29 is 27.8 Å². The zero-order valence-corrected chi connectivity index (χ0v) is 31.0. The van der Waals surface area contributed by atoms with Crippen LogP contribution in [0.1, 0.15) is 174 Å². The Morgan fingerprint density at radius 3 is 1.67 bits per heavy atom. The minimum atomic E-state index is -4.44. The lowest BCUT2D eigenvalue weighted by Crippen LogP contribution is -2.39. The maximum absolute atomic E-state index is 12.7. The second kappa shape index (κ2) is 27.3. The molecule has 1 aliphatic rings. The van der Waals surface area contributed by atoms with E-state index in [9.17, 15) is 14.3 Å². The van der Waals surface area contributed by atoms with Crippen molar-refractivity contribution in [2.24, 2.45) is 0 Å². The van der Waals surface area contributed by atoms with Crippen molar-refractivity contribution in [2.75, 3.05) is 40.8 Å². The molecule has 0 bridgehead atoms. The molecule has 1 saturated heterocycles. The van der Waals surface area contributed by atoms with E-state index in [1.807, 2.05) is 21.1 Å². The maximum atomic E-state index is 12.7. The molecule has 1 heterocycles. The number of phosphoric ester groups is 1. The lowest BCUT2D eigenvalue weighted by Gasteiger charge is -2.32. The quantitative estimate of drug-likeness (QED) is 0.0321. The molecule has 2 atom stereocenters. The van der Waals surface area contributed by atoms with Crippen LogP contribution in [-0.2, 0) is 18.4 Å². The highest BCUT2D eigenvalue weighted by atomic mass is 31.2. The minimum absolute atomic E-state index is 0.0131. The van der Waals surface area contributed by atoms with E-state index < -0.39 is 14.1 Å². The fourth-order valence-electron chi connectivity index (χ4n) is 6.00. The van der Waals surface area contributed by atoms with Crippen molar-refractivity contribution in [3.05, 3.63) is 12.2 Å². The average molecular weight is 657 g/mol. The zero-order valence-electron chi connectivity index (χ0n) is 30.1. The maximum Gasteiger partial charge on any atom is 0.270 e. The van der Waals surface area contributed by atoms with Gasteiger partial charge in [-0.15, -0.1) is 0 Å². The van der Waals surface area contributed by atoms with Gasteiger partial charge in [-0.05, 0) is 44.9 Å². The molecule has 266 valence electrons. The van der Waals surface area contributed by atoms with Crippen molar-refractivity contribution >= 4 is 13.7 Å². The number of rotatable bonds is 31. The number of hydrogen-bond donors (Lipinski definition) is 0. The van der Waals surface area contributed by atoms with Crippen LogP contribution >= 0.6 is 7.82 Å². The lowest BCUT2D eigenvalue weighted by atomic mass is 10.0. The third kappa shape index (κ3) is 26.0. The van der Waals surface area contributed by atoms with Gasteiger partial charge in [-0.2, -0.15) is 0 Å². The molecule has 8 heteroatoms. The van der Waals surface area contributed by atoms with E-state index in [1.54, 1.807) is 4.90 Å². The Kier molecular flexibility index (Phi) is 25.6. The molecule has 0 aromatic carbocycles. The first-order valence-corrected chi connectivity index (χ1v) is 20.5. The number of phosphoric acid groups is 1. The number of likely N-dealkylation sites (N-methyl/N-ethyl adjacent to an activating group) is 1. The van der Waals surface area contributed by atoms with E-state index >= 15 is 0 Å². The van der Waals surface area contributed by atoms with Crippen LogP contribution in [0.2, 0.25) is 0 Å². The minimum Gasteiger partial charge on any atom is -0.756 e. The van der Waals surface area contributed by atoms with Gasteiger partial charge in [-0.25, -0.2) is 0 Å². The Balaban J connectivity index is 1.90. The average Bonchev–Trinajstić information content (AvgIpc) is 3.43. The summed E-state index contributed by atoms with van der Waals surface area (Å²) in [5, 5.41) is 0. The molecule has 7 nitrogen and oxygen atoms in total. The molecule has 45 heavy (non-hydrogen) atoms. The SMILES string of the molecule is CCCCCCCCCCCCCCCCCC/C=C\CCCCCCCC(=O)N1CCC[C@H]1OP(=O)([O-])OCC[N+](C)(C)C. The molecule has 0 spiro atoms. The van der Waals surface area contributed by atoms with E-state index in [4.69, 9.17) is 9.05 Å². The Morgan fingerprint density at radius 2 is 1.20 bits per heavy atom. The fraction of sp³-hybridized carbons (Fsp3) is 0.919. The molecule has 1 aliphatic heterocycles. The summed E-state index contributed by atoms with van der Waals surface area (Å²) in [6.45, 7) is 3.46. The van der Waals surface area contributed by atoms with Crippen LogP contribution in [0.3, 0.4) is 0 Å². The highest BCUT2D eigenvalue weighted by Crippen LogP contribution is 2.42. The van der Waals surface area contributed by atoms with Crippen molar-refractivity contribution in [2.45, 2.75) is 180 Å². The van der Waals surface area contributed by atoms with Gasteiger partial charge in [-0.3, -0.25) is 13.9 Å². The third-order valence-corrected chi connectivity index (χ3v) is 9.93. The first kappa shape index (κ1) is 42.3. The molecule has 0 saturated carbocycles. The van der Waals surface area contributed by atoms with E-state index in [2.05, 4.69) is 19.1 Å². The predicted molar refractivity (Wildman–Crippen MR) is 188 cm³/mol. The number of carbonyl (C=O) groups excluding carboxylic acids is 1. The summed E-state index contributed by atoms with van der Waals surface area (Å²) in [4.78, 5) is 26.6. The molecule has 1 unspecified atom stereocenters. The lowest BCUT2D eigenvalue weighted by molar-refractivity contribution is -0.870. The number of hydrogen-bond acceptors (Lipinski definition) is 5. The number of likely N-dealkylation sites (tertiary alicyclic amines) is 1. The van der Waals surface area contributed by atoms with Crippen LogP contribution in [-0.4, -0.2) is 62.4 Å². The van der Waals surface area contributed by atoms with Crippen molar-refractivity contribution in [1.29, 1.82) is 0 Å². The number of amides is 1. The van der Waals surface area contributed by atoms with Crippen LogP contribution in [0.4, 0.5) is 0 Å². The molecule has 1 amide bonds. The van der Waals surface area contributed by atoms with Crippen LogP contribution < -0.4 is 4.89 Å². The summed E-state index contributed by atoms with van der Waals surface area (Å²) in [5.74, 6) is -0.0131. The molecule has 1 fully saturated rings. The van der Waals surface area contributed by atoms with Gasteiger partial charge in [0, 0.05) is 13.0 Å². The number of allylic oxidation sites excluding steroid dienone is 2. The molecule has 1 rings (SSSR count). The van der Waals surface area contributed by atoms with Crippen molar-refractivity contribution in [3.63, 3.8) is 0 Å². The Morgan fingerprint density at radius 1 is 0.756 bits per heavy atom. The van der Waals surface area contributed by atoms with Gasteiger partial charge in [0.05, 0.1) is 21.1 Å². The van der Waals surface area contributed by atoms with Crippen LogP contribution in [0.15, 0.2) is 12.2 Å². The van der Waals surface area contributed by atoms with E-state index in [-0.39, 0.29) is 12.5 Å². The summed E-state index contributed by atoms with van der Waals surface area (Å²) in [7, 11) is 1.47. The largest absolute Gasteiger partial charge is 0.756 e. The summed E-state index contributed by atoms with van der Waals surface area (Å²) in [5.41, 5.74) is 0. The first-order valence-electron chi connectivity index (χ1n) is 19.0. The highest BCUT2D eigenvalue weighted by molar-refractivity contribution is 7.45. The molecular weight excluding hydrogens is 583 g/mol. The van der Waals surface area contributed by atoms with Gasteiger partial charge in [0.25, 0.3) is 7.82 Å². The van der Waals surface area contributed by atoms with Gasteiger partial charge in [0.2, 0.25) is 5.91 Å².